The first-order valence-electron chi connectivity index (χ1n) is 11.8. The van der Waals surface area contributed by atoms with Gasteiger partial charge in [0.25, 0.3) is 5.91 Å². The second-order valence-corrected chi connectivity index (χ2v) is 8.83. The van der Waals surface area contributed by atoms with Crippen LogP contribution in [0.1, 0.15) is 27.9 Å². The fourth-order valence-electron chi connectivity index (χ4n) is 4.89. The molecule has 3 aromatic carbocycles. The van der Waals surface area contributed by atoms with E-state index in [4.69, 9.17) is 4.74 Å². The fourth-order valence-corrected chi connectivity index (χ4v) is 4.89. The molecule has 33 heavy (non-hydrogen) atoms. The summed E-state index contributed by atoms with van der Waals surface area (Å²) >= 11 is 0. The molecule has 0 N–H and O–H groups in total. The van der Waals surface area contributed by atoms with Gasteiger partial charge in [0.05, 0.1) is 7.11 Å². The van der Waals surface area contributed by atoms with E-state index < -0.39 is 0 Å². The van der Waals surface area contributed by atoms with Crippen molar-refractivity contribution in [3.05, 3.63) is 89.5 Å². The average Bonchev–Trinajstić information content (AvgIpc) is 2.89. The molecule has 170 valence electrons. The molecule has 3 aromatic rings. The van der Waals surface area contributed by atoms with Gasteiger partial charge >= 0.3 is 0 Å². The van der Waals surface area contributed by atoms with Crippen molar-refractivity contribution in [3.8, 4) is 5.75 Å². The third-order valence-corrected chi connectivity index (χ3v) is 6.79. The highest BCUT2D eigenvalue weighted by atomic mass is 16.5. The van der Waals surface area contributed by atoms with Gasteiger partial charge in [-0.1, -0.05) is 30.3 Å². The van der Waals surface area contributed by atoms with Gasteiger partial charge in [-0.15, -0.1) is 0 Å². The number of amides is 1. The molecule has 2 heterocycles. The number of rotatable bonds is 5. The molecule has 0 aromatic heterocycles. The van der Waals surface area contributed by atoms with E-state index in [1.54, 1.807) is 7.11 Å². The summed E-state index contributed by atoms with van der Waals surface area (Å²) in [6, 6.07) is 25.0. The number of methoxy groups -OCH3 is 1. The molecule has 2 aliphatic heterocycles. The Labute approximate surface area is 196 Å². The minimum absolute atomic E-state index is 0.124. The van der Waals surface area contributed by atoms with E-state index in [0.29, 0.717) is 0 Å². The van der Waals surface area contributed by atoms with Crippen molar-refractivity contribution in [1.29, 1.82) is 0 Å². The van der Waals surface area contributed by atoms with Crippen molar-refractivity contribution in [1.82, 2.24) is 4.90 Å². The Morgan fingerprint density at radius 1 is 0.848 bits per heavy atom. The lowest BCUT2D eigenvalue weighted by molar-refractivity contribution is 0.0747. The van der Waals surface area contributed by atoms with E-state index >= 15 is 0 Å². The molecule has 1 saturated heterocycles. The molecule has 1 amide bonds. The Bertz CT molecular complexity index is 1090. The Morgan fingerprint density at radius 3 is 2.30 bits per heavy atom. The zero-order valence-corrected chi connectivity index (χ0v) is 19.2. The molecular weight excluding hydrogens is 410 g/mol. The lowest BCUT2D eigenvalue weighted by Gasteiger charge is -2.36. The van der Waals surface area contributed by atoms with Crippen molar-refractivity contribution in [2.75, 3.05) is 49.6 Å². The number of para-hydroxylation sites is 1. The minimum atomic E-state index is 0.124. The van der Waals surface area contributed by atoms with Crippen molar-refractivity contribution in [3.63, 3.8) is 0 Å². The van der Waals surface area contributed by atoms with E-state index in [1.165, 1.54) is 28.9 Å². The standard InChI is InChI=1S/C28H31N3O2/c1-33-26-14-12-25(13-15-26)29-17-19-30(20-18-29)28(32)24-10-8-22(9-11-24)21-31-16-4-6-23-5-2-3-7-27(23)31/h2-3,5,7-15H,4,6,16-21H2,1H3. The van der Waals surface area contributed by atoms with Gasteiger partial charge in [0, 0.05) is 56.2 Å². The molecule has 0 atom stereocenters. The van der Waals surface area contributed by atoms with E-state index in [9.17, 15) is 4.79 Å². The summed E-state index contributed by atoms with van der Waals surface area (Å²) in [4.78, 5) is 19.8. The highest BCUT2D eigenvalue weighted by Gasteiger charge is 2.23. The molecule has 5 rings (SSSR count). The van der Waals surface area contributed by atoms with Crippen LogP contribution >= 0.6 is 0 Å². The Hall–Kier alpha value is -3.47. The topological polar surface area (TPSA) is 36.0 Å². The molecule has 2 aliphatic rings. The van der Waals surface area contributed by atoms with Crippen LogP contribution in [0.2, 0.25) is 0 Å². The molecule has 0 radical (unpaired) electrons. The Kier molecular flexibility index (Phi) is 6.20. The van der Waals surface area contributed by atoms with Crippen LogP contribution in [0.5, 0.6) is 5.75 Å². The van der Waals surface area contributed by atoms with Crippen LogP contribution in [0, 0.1) is 0 Å². The molecule has 0 unspecified atom stereocenters. The second-order valence-electron chi connectivity index (χ2n) is 8.83. The quantitative estimate of drug-likeness (QED) is 0.579. The number of carbonyl (C=O) groups excluding carboxylic acids is 1. The van der Waals surface area contributed by atoms with Crippen LogP contribution in [-0.2, 0) is 13.0 Å². The molecule has 5 nitrogen and oxygen atoms in total. The van der Waals surface area contributed by atoms with Crippen LogP contribution in [0.4, 0.5) is 11.4 Å². The van der Waals surface area contributed by atoms with Gasteiger partial charge in [0.2, 0.25) is 0 Å². The van der Waals surface area contributed by atoms with Crippen molar-refractivity contribution >= 4 is 17.3 Å². The number of anilines is 2. The third kappa shape index (κ3) is 4.68. The van der Waals surface area contributed by atoms with Crippen LogP contribution in [0.25, 0.3) is 0 Å². The highest BCUT2D eigenvalue weighted by Crippen LogP contribution is 2.28. The van der Waals surface area contributed by atoms with Gasteiger partial charge < -0.3 is 19.4 Å². The lowest BCUT2D eigenvalue weighted by atomic mass is 10.0. The Balaban J connectivity index is 1.18. The van der Waals surface area contributed by atoms with Gasteiger partial charge in [-0.05, 0) is 66.4 Å². The first-order chi connectivity index (χ1) is 16.2. The van der Waals surface area contributed by atoms with Crippen LogP contribution in [0.3, 0.4) is 0 Å². The van der Waals surface area contributed by atoms with Crippen LogP contribution in [0.15, 0.2) is 72.8 Å². The lowest BCUT2D eigenvalue weighted by Crippen LogP contribution is -2.48. The summed E-state index contributed by atoms with van der Waals surface area (Å²) in [5, 5.41) is 0. The molecular formula is C28H31N3O2. The summed E-state index contributed by atoms with van der Waals surface area (Å²) in [5.74, 6) is 0.986. The van der Waals surface area contributed by atoms with Gasteiger partial charge in [-0.3, -0.25) is 4.79 Å². The summed E-state index contributed by atoms with van der Waals surface area (Å²) in [5.41, 5.74) is 5.97. The molecule has 1 fully saturated rings. The van der Waals surface area contributed by atoms with Crippen LogP contribution in [-0.4, -0.2) is 50.6 Å². The number of benzene rings is 3. The molecule has 0 aliphatic carbocycles. The van der Waals surface area contributed by atoms with Gasteiger partial charge in [-0.25, -0.2) is 0 Å². The molecule has 0 spiro atoms. The summed E-state index contributed by atoms with van der Waals surface area (Å²) in [7, 11) is 1.68. The zero-order chi connectivity index (χ0) is 22.6. The molecule has 0 saturated carbocycles. The van der Waals surface area contributed by atoms with E-state index in [1.807, 2.05) is 29.2 Å². The van der Waals surface area contributed by atoms with Crippen LogP contribution < -0.4 is 14.5 Å². The number of nitrogens with zero attached hydrogens (tertiary/aromatic N) is 3. The number of fused-ring (bicyclic) bond motifs is 1. The van der Waals surface area contributed by atoms with E-state index in [-0.39, 0.29) is 5.91 Å². The minimum Gasteiger partial charge on any atom is -0.497 e. The average molecular weight is 442 g/mol. The predicted octanol–water partition coefficient (Wildman–Crippen LogP) is 4.61. The Morgan fingerprint density at radius 2 is 1.58 bits per heavy atom. The SMILES string of the molecule is COc1ccc(N2CCN(C(=O)c3ccc(CN4CCCc5ccccc54)cc3)CC2)cc1. The van der Waals surface area contributed by atoms with E-state index in [0.717, 1.165) is 57.0 Å². The monoisotopic (exact) mass is 441 g/mol. The summed E-state index contributed by atoms with van der Waals surface area (Å²) in [6.45, 7) is 5.10. The number of piperazine rings is 1. The number of carbonyl (C=O) groups is 1. The van der Waals surface area contributed by atoms with Crippen molar-refractivity contribution in [2.45, 2.75) is 19.4 Å². The first kappa shape index (κ1) is 21.4. The van der Waals surface area contributed by atoms with Crippen molar-refractivity contribution < 1.29 is 9.53 Å². The van der Waals surface area contributed by atoms with Gasteiger partial charge in [-0.2, -0.15) is 0 Å². The van der Waals surface area contributed by atoms with Crippen molar-refractivity contribution in [2.24, 2.45) is 0 Å². The van der Waals surface area contributed by atoms with Gasteiger partial charge in [0.1, 0.15) is 5.75 Å². The summed E-state index contributed by atoms with van der Waals surface area (Å²) in [6.07, 6.45) is 2.35. The number of hydrogen-bond acceptors (Lipinski definition) is 4. The maximum Gasteiger partial charge on any atom is 0.253 e. The molecule has 0 bridgehead atoms. The molecule has 5 heteroatoms. The van der Waals surface area contributed by atoms with E-state index in [2.05, 4.69) is 58.3 Å². The smallest absolute Gasteiger partial charge is 0.253 e. The second kappa shape index (κ2) is 9.57. The first-order valence-corrected chi connectivity index (χ1v) is 11.8. The number of hydrogen-bond donors (Lipinski definition) is 0. The van der Waals surface area contributed by atoms with Gasteiger partial charge in [0.15, 0.2) is 0 Å². The maximum absolute atomic E-state index is 13.1. The zero-order valence-electron chi connectivity index (χ0n) is 19.2. The predicted molar refractivity (Wildman–Crippen MR) is 133 cm³/mol. The maximum atomic E-state index is 13.1. The number of ether oxygens (including phenoxy) is 1. The number of aryl methyl sites for hydroxylation is 1. The normalized spacial score (nSPS) is 15.8. The highest BCUT2D eigenvalue weighted by molar-refractivity contribution is 5.94. The summed E-state index contributed by atoms with van der Waals surface area (Å²) < 4.78 is 5.25. The fraction of sp³-hybridized carbons (Fsp3) is 0.321. The third-order valence-electron chi connectivity index (χ3n) is 6.79. The largest absolute Gasteiger partial charge is 0.497 e.